The Labute approximate surface area is 54.4 Å². The summed E-state index contributed by atoms with van der Waals surface area (Å²) in [5.74, 6) is 5.89. The van der Waals surface area contributed by atoms with Crippen LogP contribution >= 0.6 is 24.8 Å². The first-order chi connectivity index (χ1) is 1.41. The van der Waals surface area contributed by atoms with Crippen LogP contribution in [0.3, 0.4) is 0 Å². The fourth-order valence-corrected chi connectivity index (χ4v) is 0. The summed E-state index contributed by atoms with van der Waals surface area (Å²) >= 11 is 2.36. The Hall–Kier alpha value is 1.16. The van der Waals surface area contributed by atoms with Gasteiger partial charge in [-0.3, -0.25) is 0 Å². The SMILES string of the molecule is Cl.Cl.[NH][NH][Pd]. The van der Waals surface area contributed by atoms with Gasteiger partial charge in [0.1, 0.15) is 0 Å². The Balaban J connectivity index is -0.0000000200. The summed E-state index contributed by atoms with van der Waals surface area (Å²) in [4.78, 5) is 0. The van der Waals surface area contributed by atoms with E-state index in [0.717, 1.165) is 0 Å². The summed E-state index contributed by atoms with van der Waals surface area (Å²) < 4.78 is 1.85. The van der Waals surface area contributed by atoms with Crippen molar-refractivity contribution in [2.24, 2.45) is 0 Å². The average Bonchev–Trinajstić information content (AvgIpc) is 0.918. The van der Waals surface area contributed by atoms with E-state index in [0.29, 0.717) is 0 Å². The molecule has 0 aromatic rings. The molecule has 5 heavy (non-hydrogen) atoms. The van der Waals surface area contributed by atoms with Crippen molar-refractivity contribution in [2.45, 2.75) is 0 Å². The first-order valence-electron chi connectivity index (χ1n) is 0.408. The van der Waals surface area contributed by atoms with Gasteiger partial charge >= 0.3 is 29.3 Å². The van der Waals surface area contributed by atoms with E-state index in [1.807, 2.05) is 4.06 Å². The normalized spacial score (nSPS) is 3.80. The molecule has 0 saturated heterocycles. The molecule has 0 amide bonds. The molecule has 0 rings (SSSR count). The van der Waals surface area contributed by atoms with Crippen LogP contribution in [0.5, 0.6) is 0 Å². The van der Waals surface area contributed by atoms with Crippen molar-refractivity contribution in [1.82, 2.24) is 9.90 Å². The zero-order valence-corrected chi connectivity index (χ0v) is 5.32. The van der Waals surface area contributed by atoms with E-state index in [1.165, 1.54) is 0 Å². The molecule has 0 aliphatic heterocycles. The number of rotatable bonds is 0. The van der Waals surface area contributed by atoms with Crippen LogP contribution in [0.1, 0.15) is 0 Å². The quantitative estimate of drug-likeness (QED) is 0.445. The van der Waals surface area contributed by atoms with E-state index in [9.17, 15) is 0 Å². The number of hydrogen-bond donors (Lipinski definition) is 1. The molecule has 0 fully saturated rings. The molecule has 0 aromatic heterocycles. The molecule has 0 bridgehead atoms. The molecular weight excluding hydrogens is 205 g/mol. The molecule has 2 nitrogen and oxygen atoms in total. The second-order valence-corrected chi connectivity index (χ2v) is 0.468. The van der Waals surface area contributed by atoms with E-state index in [4.69, 9.17) is 5.84 Å². The molecule has 38 valence electrons. The summed E-state index contributed by atoms with van der Waals surface area (Å²) in [7, 11) is 0. The van der Waals surface area contributed by atoms with Gasteiger partial charge in [-0.2, -0.15) is 0 Å². The molecule has 0 saturated carbocycles. The maximum absolute atomic E-state index is 5.89. The van der Waals surface area contributed by atoms with E-state index < -0.39 is 0 Å². The summed E-state index contributed by atoms with van der Waals surface area (Å²) in [6.07, 6.45) is 0. The van der Waals surface area contributed by atoms with Gasteiger partial charge in [-0.05, 0) is 0 Å². The first kappa shape index (κ1) is 16.4. The third kappa shape index (κ3) is 38.2. The van der Waals surface area contributed by atoms with Gasteiger partial charge in [0.2, 0.25) is 0 Å². The third-order valence-corrected chi connectivity index (χ3v) is 0. The molecular formula is H4Cl2N2Pd. The average molecular weight is 209 g/mol. The van der Waals surface area contributed by atoms with Crippen molar-refractivity contribution in [1.29, 1.82) is 0 Å². The maximum atomic E-state index is 5.89. The van der Waals surface area contributed by atoms with Gasteiger partial charge in [-0.15, -0.1) is 24.8 Å². The summed E-state index contributed by atoms with van der Waals surface area (Å²) in [6.45, 7) is 0. The Morgan fingerprint density at radius 1 is 1.40 bits per heavy atom. The predicted octanol–water partition coefficient (Wildman–Crippen LogP) is 0.0793. The minimum atomic E-state index is 0. The molecule has 0 aromatic carbocycles. The van der Waals surface area contributed by atoms with Gasteiger partial charge in [0, 0.05) is 0 Å². The van der Waals surface area contributed by atoms with Crippen molar-refractivity contribution in [3.05, 3.63) is 0 Å². The Kier molecular flexibility index (Phi) is 62.8. The van der Waals surface area contributed by atoms with Crippen molar-refractivity contribution >= 4 is 24.8 Å². The second kappa shape index (κ2) is 19.1. The van der Waals surface area contributed by atoms with Gasteiger partial charge < -0.3 is 0 Å². The molecule has 0 aliphatic carbocycles. The third-order valence-electron chi connectivity index (χ3n) is 0. The minimum absolute atomic E-state index is 0. The molecule has 0 aliphatic rings. The fraction of sp³-hybridized carbons (Fsp3) is 0. The van der Waals surface area contributed by atoms with Crippen LogP contribution in [0, 0.1) is 0 Å². The van der Waals surface area contributed by atoms with Crippen molar-refractivity contribution in [2.75, 3.05) is 0 Å². The number of nitrogens with one attached hydrogen (secondary N) is 2. The van der Waals surface area contributed by atoms with Crippen molar-refractivity contribution in [3.63, 3.8) is 0 Å². The van der Waals surface area contributed by atoms with Crippen LogP contribution in [-0.2, 0) is 19.4 Å². The van der Waals surface area contributed by atoms with Crippen LogP contribution in [0.25, 0.3) is 0 Å². The van der Waals surface area contributed by atoms with Gasteiger partial charge in [0.15, 0.2) is 0 Å². The molecule has 1 radical (unpaired) electrons. The van der Waals surface area contributed by atoms with Crippen LogP contribution in [0.15, 0.2) is 0 Å². The Morgan fingerprint density at radius 2 is 1.40 bits per heavy atom. The number of hydrogen-bond acceptors (Lipinski definition) is 1. The van der Waals surface area contributed by atoms with E-state index >= 15 is 0 Å². The van der Waals surface area contributed by atoms with Crippen LogP contribution < -0.4 is 9.90 Å². The topological polar surface area (TPSA) is 35.8 Å². The fourth-order valence-electron chi connectivity index (χ4n) is 0. The summed E-state index contributed by atoms with van der Waals surface area (Å²) in [5, 5.41) is 0. The summed E-state index contributed by atoms with van der Waals surface area (Å²) in [5.41, 5.74) is 0. The molecule has 2 N–H and O–H groups in total. The van der Waals surface area contributed by atoms with Gasteiger partial charge in [0.05, 0.1) is 0 Å². The predicted molar refractivity (Wildman–Crippen MR) is 20.7 cm³/mol. The van der Waals surface area contributed by atoms with Gasteiger partial charge in [-0.25, -0.2) is 0 Å². The van der Waals surface area contributed by atoms with Crippen LogP contribution in [-0.4, -0.2) is 0 Å². The summed E-state index contributed by atoms with van der Waals surface area (Å²) in [6, 6.07) is 0. The van der Waals surface area contributed by atoms with Crippen molar-refractivity contribution in [3.8, 4) is 0 Å². The Bertz CT molecular complexity index is 7.61. The zero-order chi connectivity index (χ0) is 2.71. The standard InChI is InChI=1S/2ClH.H2N2.Pd/c;;1-2;/h2*1H;1-2H;/q;;-1;+1. The van der Waals surface area contributed by atoms with Crippen LogP contribution in [0.4, 0.5) is 0 Å². The van der Waals surface area contributed by atoms with Crippen molar-refractivity contribution < 1.29 is 19.4 Å². The van der Waals surface area contributed by atoms with Crippen LogP contribution in [0.2, 0.25) is 0 Å². The molecule has 0 spiro atoms. The van der Waals surface area contributed by atoms with E-state index in [-0.39, 0.29) is 24.8 Å². The monoisotopic (exact) mass is 208 g/mol. The zero-order valence-electron chi connectivity index (χ0n) is 2.13. The molecule has 0 heterocycles. The van der Waals surface area contributed by atoms with Gasteiger partial charge in [-0.1, -0.05) is 0 Å². The van der Waals surface area contributed by atoms with E-state index in [1.54, 1.807) is 0 Å². The van der Waals surface area contributed by atoms with Gasteiger partial charge in [0.25, 0.3) is 0 Å². The Morgan fingerprint density at radius 3 is 1.40 bits per heavy atom. The second-order valence-electron chi connectivity index (χ2n) is 0.0791. The number of halogens is 2. The van der Waals surface area contributed by atoms with E-state index in [2.05, 4.69) is 19.4 Å². The molecule has 5 heteroatoms. The first-order valence-corrected chi connectivity index (χ1v) is 1.19. The molecule has 0 unspecified atom stereocenters. The molecule has 0 atom stereocenters.